The molecule has 0 aliphatic heterocycles. The number of alkyl halides is 3. The first-order chi connectivity index (χ1) is 12.9. The van der Waals surface area contributed by atoms with Crippen LogP contribution in [0.2, 0.25) is 5.02 Å². The van der Waals surface area contributed by atoms with Crippen molar-refractivity contribution in [3.8, 4) is 0 Å². The highest BCUT2D eigenvalue weighted by molar-refractivity contribution is 6.35. The minimum Gasteiger partial charge on any atom is -0.398 e. The third-order valence-electron chi connectivity index (χ3n) is 4.20. The van der Waals surface area contributed by atoms with Gasteiger partial charge in [0.2, 0.25) is 5.60 Å². The van der Waals surface area contributed by atoms with Gasteiger partial charge in [-0.2, -0.15) is 13.2 Å². The molecule has 7 N–H and O–H groups in total. The molecule has 152 valence electrons. The van der Waals surface area contributed by atoms with Crippen LogP contribution in [0.25, 0.3) is 10.9 Å². The van der Waals surface area contributed by atoms with Gasteiger partial charge >= 0.3 is 6.18 Å². The predicted molar refractivity (Wildman–Crippen MR) is 98.6 cm³/mol. The summed E-state index contributed by atoms with van der Waals surface area (Å²) in [6, 6.07) is 6.17. The third kappa shape index (κ3) is 4.29. The zero-order valence-corrected chi connectivity index (χ0v) is 15.6. The van der Waals surface area contributed by atoms with Crippen molar-refractivity contribution in [1.29, 1.82) is 0 Å². The molecule has 0 radical (unpaired) electrons. The Morgan fingerprint density at radius 3 is 2.50 bits per heavy atom. The summed E-state index contributed by atoms with van der Waals surface area (Å²) < 4.78 is 39.2. The number of carbonyl (C=O) groups is 1. The van der Waals surface area contributed by atoms with Crippen molar-refractivity contribution >= 4 is 28.4 Å². The minimum absolute atomic E-state index is 0.0263. The fraction of sp³-hybridized carbons (Fsp3) is 0.294. The number of halogens is 4. The van der Waals surface area contributed by atoms with E-state index in [0.29, 0.717) is 16.5 Å². The van der Waals surface area contributed by atoms with Crippen molar-refractivity contribution in [2.75, 3.05) is 0 Å². The van der Waals surface area contributed by atoms with Crippen LogP contribution in [-0.2, 0) is 6.54 Å². The number of amides is 1. The van der Waals surface area contributed by atoms with E-state index in [4.69, 9.17) is 28.9 Å². The van der Waals surface area contributed by atoms with Crippen LogP contribution >= 0.6 is 11.6 Å². The molecule has 0 aliphatic carbocycles. The van der Waals surface area contributed by atoms with Gasteiger partial charge in [-0.15, -0.1) is 0 Å². The topological polar surface area (TPSA) is 131 Å². The number of fused-ring (bicyclic) bond motifs is 1. The van der Waals surface area contributed by atoms with Crippen molar-refractivity contribution < 1.29 is 23.1 Å². The van der Waals surface area contributed by atoms with E-state index >= 15 is 0 Å². The first-order valence-electron chi connectivity index (χ1n) is 8.06. The summed E-state index contributed by atoms with van der Waals surface area (Å²) in [6.07, 6.45) is -4.79. The number of benzene rings is 1. The minimum atomic E-state index is -4.95. The molecule has 11 heteroatoms. The van der Waals surface area contributed by atoms with Crippen molar-refractivity contribution in [2.24, 2.45) is 17.3 Å². The quantitative estimate of drug-likeness (QED) is 0.420. The molecule has 1 amide bonds. The molecule has 0 spiro atoms. The molecule has 1 atom stereocenters. The molecule has 0 fully saturated rings. The van der Waals surface area contributed by atoms with E-state index < -0.39 is 29.8 Å². The maximum Gasteiger partial charge on any atom is 0.422 e. The van der Waals surface area contributed by atoms with Crippen LogP contribution < -0.4 is 17.3 Å². The molecule has 1 aromatic heterocycles. The zero-order chi connectivity index (χ0) is 21.3. The van der Waals surface area contributed by atoms with E-state index in [0.717, 1.165) is 18.1 Å². The van der Waals surface area contributed by atoms with Gasteiger partial charge in [-0.1, -0.05) is 30.7 Å². The highest BCUT2D eigenvalue weighted by Gasteiger charge is 2.54. The SMILES string of the molecule is CCC(O)(/C(N)=C/N(N)Cc1ccc2c(Cl)cc(C(N)=O)nc2c1)C(F)(F)F. The maximum atomic E-state index is 13.1. The molecule has 28 heavy (non-hydrogen) atoms. The summed E-state index contributed by atoms with van der Waals surface area (Å²) in [7, 11) is 0. The second-order valence-electron chi connectivity index (χ2n) is 6.17. The summed E-state index contributed by atoms with van der Waals surface area (Å²) in [6.45, 7) is 1.11. The van der Waals surface area contributed by atoms with Crippen molar-refractivity contribution in [3.63, 3.8) is 0 Å². The molecule has 1 heterocycles. The molecule has 0 saturated carbocycles. The van der Waals surface area contributed by atoms with Gasteiger partial charge in [0.05, 0.1) is 22.8 Å². The van der Waals surface area contributed by atoms with E-state index in [1.807, 2.05) is 0 Å². The Kier molecular flexibility index (Phi) is 6.07. The number of aliphatic hydroxyl groups is 1. The van der Waals surface area contributed by atoms with Gasteiger partial charge in [0.25, 0.3) is 5.91 Å². The summed E-state index contributed by atoms with van der Waals surface area (Å²) in [5.74, 6) is 4.98. The Bertz CT molecular complexity index is 935. The molecule has 2 aromatic rings. The number of primary amides is 1. The Hall–Kier alpha value is -2.56. The molecule has 2 rings (SSSR count). The molecule has 1 unspecified atom stereocenters. The summed E-state index contributed by atoms with van der Waals surface area (Å²) in [5.41, 5.74) is 7.55. The van der Waals surface area contributed by atoms with Crippen LogP contribution in [-0.4, -0.2) is 32.8 Å². The number of rotatable bonds is 6. The lowest BCUT2D eigenvalue weighted by Gasteiger charge is -2.30. The number of nitrogens with two attached hydrogens (primary N) is 3. The lowest BCUT2D eigenvalue weighted by atomic mass is 9.96. The van der Waals surface area contributed by atoms with Crippen molar-refractivity contribution in [1.82, 2.24) is 9.99 Å². The molecule has 0 aliphatic rings. The number of hydrogen-bond acceptors (Lipinski definition) is 6. The van der Waals surface area contributed by atoms with Gasteiger partial charge < -0.3 is 21.6 Å². The van der Waals surface area contributed by atoms with E-state index in [9.17, 15) is 23.1 Å². The second-order valence-corrected chi connectivity index (χ2v) is 6.58. The summed E-state index contributed by atoms with van der Waals surface area (Å²) >= 11 is 6.10. The zero-order valence-electron chi connectivity index (χ0n) is 14.8. The van der Waals surface area contributed by atoms with Gasteiger partial charge in [-0.05, 0) is 24.1 Å². The van der Waals surface area contributed by atoms with Gasteiger partial charge in [0.15, 0.2) is 0 Å². The Labute approximate surface area is 163 Å². The van der Waals surface area contributed by atoms with E-state index in [1.54, 1.807) is 18.2 Å². The first-order valence-corrected chi connectivity index (χ1v) is 8.44. The standard InChI is InChI=1S/C17H19ClF3N5O2/c1-2-16(28,17(19,20)21)14(22)8-26(24)7-9-3-4-10-11(18)6-13(15(23)27)25-12(10)5-9/h3-6,8,28H,2,7,22,24H2,1H3,(H2,23,27)/b14-8-. The van der Waals surface area contributed by atoms with Crippen molar-refractivity contribution in [3.05, 3.63) is 52.4 Å². The van der Waals surface area contributed by atoms with Gasteiger partial charge in [-0.25, -0.2) is 10.8 Å². The molecule has 0 saturated heterocycles. The number of nitrogens with zero attached hydrogens (tertiary/aromatic N) is 2. The average molecular weight is 418 g/mol. The Morgan fingerprint density at radius 2 is 1.96 bits per heavy atom. The lowest BCUT2D eigenvalue weighted by Crippen LogP contribution is -2.49. The van der Waals surface area contributed by atoms with Crippen LogP contribution in [0.3, 0.4) is 0 Å². The van der Waals surface area contributed by atoms with E-state index in [-0.39, 0.29) is 17.3 Å². The first kappa shape index (κ1) is 21.7. The number of hydrazine groups is 1. The average Bonchev–Trinajstić information content (AvgIpc) is 2.59. The molecule has 1 aromatic carbocycles. The molecule has 0 bridgehead atoms. The largest absolute Gasteiger partial charge is 0.422 e. The number of aromatic nitrogens is 1. The third-order valence-corrected chi connectivity index (χ3v) is 4.52. The predicted octanol–water partition coefficient (Wildman–Crippen LogP) is 2.17. The summed E-state index contributed by atoms with van der Waals surface area (Å²) in [5, 5.41) is 11.6. The number of pyridine rings is 1. The van der Waals surface area contributed by atoms with Crippen LogP contribution in [0.15, 0.2) is 36.2 Å². The Balaban J connectivity index is 2.32. The molecule has 7 nitrogen and oxygen atoms in total. The molecular weight excluding hydrogens is 399 g/mol. The van der Waals surface area contributed by atoms with E-state index in [1.165, 1.54) is 6.07 Å². The second kappa shape index (κ2) is 7.82. The van der Waals surface area contributed by atoms with Crippen molar-refractivity contribution in [2.45, 2.75) is 31.7 Å². The van der Waals surface area contributed by atoms with Crippen LogP contribution in [0.4, 0.5) is 13.2 Å². The fourth-order valence-corrected chi connectivity index (χ4v) is 2.83. The Morgan fingerprint density at radius 1 is 1.32 bits per heavy atom. The van der Waals surface area contributed by atoms with E-state index in [2.05, 4.69) is 4.98 Å². The van der Waals surface area contributed by atoms with Gasteiger partial charge in [0.1, 0.15) is 5.69 Å². The highest BCUT2D eigenvalue weighted by Crippen LogP contribution is 2.36. The van der Waals surface area contributed by atoms with Gasteiger partial charge in [0, 0.05) is 11.6 Å². The fourth-order valence-electron chi connectivity index (χ4n) is 2.57. The summed E-state index contributed by atoms with van der Waals surface area (Å²) in [4.78, 5) is 15.4. The van der Waals surface area contributed by atoms with Crippen LogP contribution in [0, 0.1) is 0 Å². The number of carbonyl (C=O) groups excluding carboxylic acids is 1. The smallest absolute Gasteiger partial charge is 0.398 e. The maximum absolute atomic E-state index is 13.1. The molecular formula is C17H19ClF3N5O2. The number of hydrogen-bond donors (Lipinski definition) is 4. The normalized spacial score (nSPS) is 14.8. The van der Waals surface area contributed by atoms with Crippen LogP contribution in [0.5, 0.6) is 0 Å². The monoisotopic (exact) mass is 417 g/mol. The van der Waals surface area contributed by atoms with Gasteiger partial charge in [-0.3, -0.25) is 4.79 Å². The lowest BCUT2D eigenvalue weighted by molar-refractivity contribution is -0.245. The highest BCUT2D eigenvalue weighted by atomic mass is 35.5. The van der Waals surface area contributed by atoms with Crippen LogP contribution in [0.1, 0.15) is 29.4 Å².